The first-order chi connectivity index (χ1) is 8.71. The predicted octanol–water partition coefficient (Wildman–Crippen LogP) is 3.88. The van der Waals surface area contributed by atoms with Gasteiger partial charge in [-0.15, -0.1) is 0 Å². The van der Waals surface area contributed by atoms with Crippen LogP contribution in [-0.4, -0.2) is 12.1 Å². The average molecular weight is 310 g/mol. The van der Waals surface area contributed by atoms with Crippen LogP contribution in [0.15, 0.2) is 28.7 Å². The molecule has 0 heterocycles. The molecule has 0 radical (unpaired) electrons. The Balaban J connectivity index is 1.71. The van der Waals surface area contributed by atoms with E-state index in [0.29, 0.717) is 12.1 Å². The Hall–Kier alpha value is -0.540. The quantitative estimate of drug-likeness (QED) is 0.900. The van der Waals surface area contributed by atoms with E-state index in [0.717, 1.165) is 16.6 Å². The van der Waals surface area contributed by atoms with Crippen molar-refractivity contribution in [1.82, 2.24) is 0 Å². The summed E-state index contributed by atoms with van der Waals surface area (Å²) in [5.74, 6) is 0.972. The van der Waals surface area contributed by atoms with Crippen molar-refractivity contribution in [3.8, 4) is 5.75 Å². The van der Waals surface area contributed by atoms with Gasteiger partial charge >= 0.3 is 0 Å². The van der Waals surface area contributed by atoms with Crippen molar-refractivity contribution in [3.05, 3.63) is 28.7 Å². The van der Waals surface area contributed by atoms with Crippen molar-refractivity contribution in [1.29, 1.82) is 0 Å². The van der Waals surface area contributed by atoms with Gasteiger partial charge in [-0.05, 0) is 37.1 Å². The Morgan fingerprint density at radius 1 is 1.11 bits per heavy atom. The topological polar surface area (TPSA) is 35.2 Å². The molecule has 3 heteroatoms. The van der Waals surface area contributed by atoms with Gasteiger partial charge in [-0.1, -0.05) is 35.2 Å². The molecule has 2 fully saturated rings. The van der Waals surface area contributed by atoms with E-state index >= 15 is 0 Å². The van der Waals surface area contributed by atoms with E-state index < -0.39 is 0 Å². The van der Waals surface area contributed by atoms with Crippen LogP contribution in [0, 0.1) is 5.41 Å². The van der Waals surface area contributed by atoms with E-state index in [1.54, 1.807) is 0 Å². The number of rotatable bonds is 2. The first kappa shape index (κ1) is 12.5. The molecule has 2 aliphatic carbocycles. The van der Waals surface area contributed by atoms with Crippen LogP contribution in [0.25, 0.3) is 0 Å². The fourth-order valence-electron chi connectivity index (χ4n) is 3.52. The number of hydrogen-bond acceptors (Lipinski definition) is 2. The molecule has 1 spiro atoms. The summed E-state index contributed by atoms with van der Waals surface area (Å²) in [5.41, 5.74) is 6.54. The molecule has 2 N–H and O–H groups in total. The zero-order valence-corrected chi connectivity index (χ0v) is 12.2. The second-order valence-electron chi connectivity index (χ2n) is 5.70. The predicted molar refractivity (Wildman–Crippen MR) is 76.7 cm³/mol. The number of nitrogens with two attached hydrogens (primary N) is 1. The van der Waals surface area contributed by atoms with Crippen LogP contribution >= 0.6 is 15.9 Å². The normalized spacial score (nSPS) is 29.9. The van der Waals surface area contributed by atoms with Gasteiger partial charge in [0.25, 0.3) is 0 Å². The van der Waals surface area contributed by atoms with Gasteiger partial charge in [-0.25, -0.2) is 0 Å². The molecular formula is C15H20BrNO. The van der Waals surface area contributed by atoms with Crippen molar-refractivity contribution in [2.45, 2.75) is 50.7 Å². The highest BCUT2D eigenvalue weighted by molar-refractivity contribution is 9.10. The number of halogens is 1. The first-order valence-corrected chi connectivity index (χ1v) is 7.68. The third kappa shape index (κ3) is 2.08. The van der Waals surface area contributed by atoms with Gasteiger partial charge in [0, 0.05) is 22.4 Å². The van der Waals surface area contributed by atoms with Gasteiger partial charge in [0.05, 0.1) is 0 Å². The minimum absolute atomic E-state index is 0.269. The molecule has 18 heavy (non-hydrogen) atoms. The Bertz CT molecular complexity index is 411. The number of ether oxygens (including phenoxy) is 1. The van der Waals surface area contributed by atoms with Crippen LogP contribution in [0.4, 0.5) is 0 Å². The maximum absolute atomic E-state index is 6.27. The molecule has 0 saturated heterocycles. The van der Waals surface area contributed by atoms with Gasteiger partial charge in [-0.2, -0.15) is 0 Å². The molecule has 0 aromatic heterocycles. The van der Waals surface area contributed by atoms with Crippen LogP contribution in [-0.2, 0) is 0 Å². The third-order valence-electron chi connectivity index (χ3n) is 4.72. The lowest BCUT2D eigenvalue weighted by Crippen LogP contribution is -2.64. The zero-order valence-electron chi connectivity index (χ0n) is 10.6. The summed E-state index contributed by atoms with van der Waals surface area (Å²) in [6.45, 7) is 0. The minimum atomic E-state index is 0.269. The number of hydrogen-bond donors (Lipinski definition) is 1. The fraction of sp³-hybridized carbons (Fsp3) is 0.600. The highest BCUT2D eigenvalue weighted by Gasteiger charge is 2.54. The second-order valence-corrected chi connectivity index (χ2v) is 6.61. The lowest BCUT2D eigenvalue weighted by Gasteiger charge is -2.56. The smallest absolute Gasteiger partial charge is 0.119 e. The molecule has 2 unspecified atom stereocenters. The molecule has 1 aromatic rings. The molecule has 2 nitrogen and oxygen atoms in total. The average Bonchev–Trinajstić information content (AvgIpc) is 2.42. The first-order valence-electron chi connectivity index (χ1n) is 6.88. The van der Waals surface area contributed by atoms with Gasteiger partial charge in [0.2, 0.25) is 0 Å². The van der Waals surface area contributed by atoms with Crippen LogP contribution in [0.5, 0.6) is 5.75 Å². The zero-order chi connectivity index (χ0) is 12.6. The maximum Gasteiger partial charge on any atom is 0.119 e. The highest BCUT2D eigenvalue weighted by atomic mass is 79.9. The second kappa shape index (κ2) is 4.86. The van der Waals surface area contributed by atoms with Crippen LogP contribution in [0.1, 0.15) is 38.5 Å². The molecule has 0 amide bonds. The molecule has 0 bridgehead atoms. The Morgan fingerprint density at radius 2 is 1.78 bits per heavy atom. The fourth-order valence-corrected chi connectivity index (χ4v) is 3.79. The van der Waals surface area contributed by atoms with Crippen LogP contribution < -0.4 is 10.5 Å². The molecule has 1 aromatic carbocycles. The third-order valence-corrected chi connectivity index (χ3v) is 5.25. The molecular weight excluding hydrogens is 290 g/mol. The van der Waals surface area contributed by atoms with E-state index in [-0.39, 0.29) is 5.41 Å². The van der Waals surface area contributed by atoms with Gasteiger partial charge in [0.1, 0.15) is 11.9 Å². The summed E-state index contributed by atoms with van der Waals surface area (Å²) >= 11 is 3.45. The maximum atomic E-state index is 6.27. The van der Waals surface area contributed by atoms with Crippen molar-refractivity contribution in [2.75, 3.05) is 0 Å². The van der Waals surface area contributed by atoms with Crippen LogP contribution in [0.2, 0.25) is 0 Å². The van der Waals surface area contributed by atoms with Crippen molar-refractivity contribution >= 4 is 15.9 Å². The number of benzene rings is 1. The lowest BCUT2D eigenvalue weighted by atomic mass is 9.55. The summed E-state index contributed by atoms with van der Waals surface area (Å²) in [6, 6.07) is 8.47. The minimum Gasteiger partial charge on any atom is -0.490 e. The molecule has 2 aliphatic rings. The van der Waals surface area contributed by atoms with E-state index in [1.807, 2.05) is 24.3 Å². The SMILES string of the molecule is NC1CC(Oc2ccc(Br)cc2)C12CCCCC2. The summed E-state index contributed by atoms with van der Waals surface area (Å²) < 4.78 is 7.26. The molecule has 98 valence electrons. The summed E-state index contributed by atoms with van der Waals surface area (Å²) in [5, 5.41) is 0. The van der Waals surface area contributed by atoms with Crippen molar-refractivity contribution in [3.63, 3.8) is 0 Å². The van der Waals surface area contributed by atoms with Crippen molar-refractivity contribution in [2.24, 2.45) is 11.1 Å². The van der Waals surface area contributed by atoms with E-state index in [2.05, 4.69) is 15.9 Å². The summed E-state index contributed by atoms with van der Waals surface area (Å²) in [6.07, 6.45) is 7.82. The highest BCUT2D eigenvalue weighted by Crippen LogP contribution is 2.52. The summed E-state index contributed by atoms with van der Waals surface area (Å²) in [7, 11) is 0. The Labute approximate surface area is 117 Å². The standard InChI is InChI=1S/C15H20BrNO/c16-11-4-6-12(7-5-11)18-14-10-13(17)15(14)8-2-1-3-9-15/h4-7,13-14H,1-3,8-10,17H2. The Kier molecular flexibility index (Phi) is 3.37. The molecule has 3 rings (SSSR count). The van der Waals surface area contributed by atoms with Gasteiger partial charge < -0.3 is 10.5 Å². The van der Waals surface area contributed by atoms with Gasteiger partial charge in [-0.3, -0.25) is 0 Å². The summed E-state index contributed by atoms with van der Waals surface area (Å²) in [4.78, 5) is 0. The largest absolute Gasteiger partial charge is 0.490 e. The molecule has 0 aliphatic heterocycles. The van der Waals surface area contributed by atoms with Crippen molar-refractivity contribution < 1.29 is 4.74 Å². The van der Waals surface area contributed by atoms with Crippen LogP contribution in [0.3, 0.4) is 0 Å². The Morgan fingerprint density at radius 3 is 2.39 bits per heavy atom. The van der Waals surface area contributed by atoms with E-state index in [1.165, 1.54) is 32.1 Å². The van der Waals surface area contributed by atoms with E-state index in [9.17, 15) is 0 Å². The lowest BCUT2D eigenvalue weighted by molar-refractivity contribution is -0.0898. The van der Waals surface area contributed by atoms with Gasteiger partial charge in [0.15, 0.2) is 0 Å². The molecule has 2 atom stereocenters. The van der Waals surface area contributed by atoms with E-state index in [4.69, 9.17) is 10.5 Å². The monoisotopic (exact) mass is 309 g/mol. The molecule has 2 saturated carbocycles.